The first kappa shape index (κ1) is 17.4. The van der Waals surface area contributed by atoms with E-state index in [9.17, 15) is 19.2 Å². The minimum absolute atomic E-state index is 0.114. The number of ketones is 1. The van der Waals surface area contributed by atoms with E-state index in [1.165, 1.54) is 45.9 Å². The van der Waals surface area contributed by atoms with Gasteiger partial charge in [-0.15, -0.1) is 0 Å². The molecule has 1 atom stereocenters. The number of ether oxygens (including phenoxy) is 1. The second-order valence-electron chi connectivity index (χ2n) is 4.82. The van der Waals surface area contributed by atoms with E-state index < -0.39 is 12.1 Å². The molecule has 0 saturated carbocycles. The fourth-order valence-corrected chi connectivity index (χ4v) is 1.61. The predicted molar refractivity (Wildman–Crippen MR) is 80.6 cm³/mol. The third-order valence-electron chi connectivity index (χ3n) is 2.67. The highest BCUT2D eigenvalue weighted by Gasteiger charge is 2.17. The molecule has 2 amide bonds. The molecule has 0 saturated heterocycles. The number of hydrogen-bond donors (Lipinski definition) is 2. The van der Waals surface area contributed by atoms with Crippen molar-refractivity contribution in [2.45, 2.75) is 33.8 Å². The van der Waals surface area contributed by atoms with E-state index in [1.54, 1.807) is 0 Å². The average molecular weight is 306 g/mol. The highest BCUT2D eigenvalue weighted by atomic mass is 16.5. The fraction of sp³-hybridized carbons (Fsp3) is 0.333. The maximum Gasteiger partial charge on any atom is 0.338 e. The summed E-state index contributed by atoms with van der Waals surface area (Å²) < 4.78 is 5.00. The van der Waals surface area contributed by atoms with Crippen molar-refractivity contribution in [2.75, 3.05) is 10.6 Å². The van der Waals surface area contributed by atoms with Crippen LogP contribution in [0.25, 0.3) is 0 Å². The second-order valence-corrected chi connectivity index (χ2v) is 4.82. The van der Waals surface area contributed by atoms with Crippen molar-refractivity contribution in [3.63, 3.8) is 0 Å². The van der Waals surface area contributed by atoms with Crippen LogP contribution < -0.4 is 10.6 Å². The third-order valence-corrected chi connectivity index (χ3v) is 2.67. The van der Waals surface area contributed by atoms with Gasteiger partial charge in [0, 0.05) is 25.2 Å². The SMILES string of the molecule is CC(=O)Nc1cc(NC(C)=O)cc(C(=O)OC(C)C(C)=O)c1. The van der Waals surface area contributed by atoms with Crippen molar-refractivity contribution in [3.8, 4) is 0 Å². The van der Waals surface area contributed by atoms with Crippen LogP contribution in [-0.2, 0) is 19.1 Å². The zero-order valence-corrected chi connectivity index (χ0v) is 12.9. The van der Waals surface area contributed by atoms with E-state index in [4.69, 9.17) is 4.74 Å². The van der Waals surface area contributed by atoms with Gasteiger partial charge in [0.2, 0.25) is 11.8 Å². The molecule has 0 aliphatic rings. The molecule has 2 N–H and O–H groups in total. The Balaban J connectivity index is 3.10. The van der Waals surface area contributed by atoms with Crippen molar-refractivity contribution in [1.29, 1.82) is 0 Å². The van der Waals surface area contributed by atoms with Gasteiger partial charge in [-0.1, -0.05) is 0 Å². The van der Waals surface area contributed by atoms with Gasteiger partial charge in [-0.3, -0.25) is 14.4 Å². The number of carbonyl (C=O) groups excluding carboxylic acids is 4. The maximum absolute atomic E-state index is 12.0. The van der Waals surface area contributed by atoms with Crippen molar-refractivity contribution >= 4 is 34.9 Å². The van der Waals surface area contributed by atoms with Crippen LogP contribution in [0.3, 0.4) is 0 Å². The molecule has 1 aromatic rings. The van der Waals surface area contributed by atoms with Crippen LogP contribution in [0.15, 0.2) is 18.2 Å². The monoisotopic (exact) mass is 306 g/mol. The lowest BCUT2D eigenvalue weighted by Crippen LogP contribution is -2.22. The third kappa shape index (κ3) is 5.35. The number of carbonyl (C=O) groups is 4. The molecule has 0 aliphatic heterocycles. The number of nitrogens with one attached hydrogen (secondary N) is 2. The Bertz CT molecular complexity index is 590. The minimum atomic E-state index is -0.874. The van der Waals surface area contributed by atoms with Gasteiger partial charge in [0.15, 0.2) is 11.9 Å². The highest BCUT2D eigenvalue weighted by Crippen LogP contribution is 2.20. The number of rotatable bonds is 5. The van der Waals surface area contributed by atoms with Crippen molar-refractivity contribution in [3.05, 3.63) is 23.8 Å². The molecule has 0 spiro atoms. The first-order chi connectivity index (χ1) is 10.2. The summed E-state index contributed by atoms with van der Waals surface area (Å²) in [6.07, 6.45) is -0.874. The Hall–Kier alpha value is -2.70. The summed E-state index contributed by atoms with van der Waals surface area (Å²) in [5.41, 5.74) is 0.783. The fourth-order valence-electron chi connectivity index (χ4n) is 1.61. The summed E-state index contributed by atoms with van der Waals surface area (Å²) in [4.78, 5) is 45.5. The Labute approximate surface area is 128 Å². The molecule has 1 unspecified atom stereocenters. The molecule has 0 bridgehead atoms. The number of amides is 2. The Morgan fingerprint density at radius 1 is 0.909 bits per heavy atom. The number of benzene rings is 1. The Kier molecular flexibility index (Phi) is 5.80. The summed E-state index contributed by atoms with van der Waals surface area (Å²) in [6.45, 7) is 5.42. The topological polar surface area (TPSA) is 102 Å². The molecular weight excluding hydrogens is 288 g/mol. The number of hydrogen-bond acceptors (Lipinski definition) is 5. The molecule has 0 aromatic heterocycles. The van der Waals surface area contributed by atoms with E-state index >= 15 is 0 Å². The largest absolute Gasteiger partial charge is 0.451 e. The van der Waals surface area contributed by atoms with Crippen LogP contribution in [-0.4, -0.2) is 29.7 Å². The van der Waals surface area contributed by atoms with Crippen LogP contribution in [0.2, 0.25) is 0 Å². The molecule has 0 radical (unpaired) electrons. The smallest absolute Gasteiger partial charge is 0.338 e. The molecular formula is C15H18N2O5. The molecule has 1 aromatic carbocycles. The van der Waals surface area contributed by atoms with Crippen LogP contribution in [0, 0.1) is 0 Å². The van der Waals surface area contributed by atoms with E-state index in [2.05, 4.69) is 10.6 Å². The van der Waals surface area contributed by atoms with Gasteiger partial charge >= 0.3 is 5.97 Å². The zero-order valence-electron chi connectivity index (χ0n) is 12.9. The van der Waals surface area contributed by atoms with Gasteiger partial charge in [0.05, 0.1) is 5.56 Å². The quantitative estimate of drug-likeness (QED) is 0.807. The normalized spacial score (nSPS) is 11.3. The van der Waals surface area contributed by atoms with Crippen molar-refractivity contribution in [1.82, 2.24) is 0 Å². The van der Waals surface area contributed by atoms with E-state index in [1.807, 2.05) is 0 Å². The molecule has 0 aliphatic carbocycles. The zero-order chi connectivity index (χ0) is 16.9. The van der Waals surface area contributed by atoms with Gasteiger partial charge in [-0.25, -0.2) is 4.79 Å². The number of Topliss-reactive ketones (excluding diaryl/α,β-unsaturated/α-hetero) is 1. The molecule has 7 heteroatoms. The molecule has 0 heterocycles. The first-order valence-electron chi connectivity index (χ1n) is 6.60. The van der Waals surface area contributed by atoms with E-state index in [0.717, 1.165) is 0 Å². The highest BCUT2D eigenvalue weighted by molar-refractivity contribution is 5.98. The second kappa shape index (κ2) is 7.35. The number of esters is 1. The van der Waals surface area contributed by atoms with Gasteiger partial charge in [-0.2, -0.15) is 0 Å². The molecule has 1 rings (SSSR count). The van der Waals surface area contributed by atoms with Crippen LogP contribution in [0.1, 0.15) is 38.1 Å². The maximum atomic E-state index is 12.0. The summed E-state index contributed by atoms with van der Waals surface area (Å²) in [5, 5.41) is 5.05. The Morgan fingerprint density at radius 3 is 1.73 bits per heavy atom. The summed E-state index contributed by atoms with van der Waals surface area (Å²) >= 11 is 0. The van der Waals surface area contributed by atoms with Gasteiger partial charge in [0.1, 0.15) is 0 Å². The standard InChI is InChI=1S/C15H18N2O5/c1-8(18)9(2)22-15(21)12-5-13(16-10(3)19)7-14(6-12)17-11(4)20/h5-7,9H,1-4H3,(H,16,19)(H,17,20). The van der Waals surface area contributed by atoms with E-state index in [0.29, 0.717) is 11.4 Å². The van der Waals surface area contributed by atoms with Crippen LogP contribution >= 0.6 is 0 Å². The number of anilines is 2. The molecule has 0 fully saturated rings. The summed E-state index contributed by atoms with van der Waals surface area (Å²) in [7, 11) is 0. The molecule has 22 heavy (non-hydrogen) atoms. The van der Waals surface area contributed by atoms with E-state index in [-0.39, 0.29) is 23.2 Å². The van der Waals surface area contributed by atoms with Gasteiger partial charge in [0.25, 0.3) is 0 Å². The van der Waals surface area contributed by atoms with Gasteiger partial charge in [-0.05, 0) is 32.0 Å². The molecule has 7 nitrogen and oxygen atoms in total. The first-order valence-corrected chi connectivity index (χ1v) is 6.60. The lowest BCUT2D eigenvalue weighted by Gasteiger charge is -2.13. The van der Waals surface area contributed by atoms with Crippen LogP contribution in [0.5, 0.6) is 0 Å². The van der Waals surface area contributed by atoms with Crippen molar-refractivity contribution < 1.29 is 23.9 Å². The minimum Gasteiger partial charge on any atom is -0.451 e. The van der Waals surface area contributed by atoms with Crippen molar-refractivity contribution in [2.24, 2.45) is 0 Å². The Morgan fingerprint density at radius 2 is 1.36 bits per heavy atom. The predicted octanol–water partition coefficient (Wildman–Crippen LogP) is 1.74. The summed E-state index contributed by atoms with van der Waals surface area (Å²) in [5.74, 6) is -1.65. The summed E-state index contributed by atoms with van der Waals surface area (Å²) in [6, 6.07) is 4.32. The van der Waals surface area contributed by atoms with Gasteiger partial charge < -0.3 is 15.4 Å². The average Bonchev–Trinajstić information content (AvgIpc) is 2.36. The molecule has 118 valence electrons. The lowest BCUT2D eigenvalue weighted by molar-refractivity contribution is -0.124. The van der Waals surface area contributed by atoms with Crippen LogP contribution in [0.4, 0.5) is 11.4 Å². The lowest BCUT2D eigenvalue weighted by atomic mass is 10.1.